The number of thioether (sulfide) groups is 1. The zero-order valence-corrected chi connectivity index (χ0v) is 15.8. The number of benzene rings is 1. The molecule has 1 fully saturated rings. The molecule has 0 bridgehead atoms. The highest BCUT2D eigenvalue weighted by molar-refractivity contribution is 7.99. The number of carbonyl (C=O) groups excluding carboxylic acids is 1. The molecule has 0 aliphatic carbocycles. The molecule has 1 heterocycles. The topological polar surface area (TPSA) is 81.8 Å². The van der Waals surface area contributed by atoms with Crippen molar-refractivity contribution < 1.29 is 13.2 Å². The summed E-state index contributed by atoms with van der Waals surface area (Å²) in [6.07, 6.45) is 1.99. The number of carbonyl (C=O) groups is 1. The van der Waals surface area contributed by atoms with Crippen molar-refractivity contribution in [3.63, 3.8) is 0 Å². The summed E-state index contributed by atoms with van der Waals surface area (Å²) < 4.78 is 27.3. The van der Waals surface area contributed by atoms with E-state index in [1.807, 2.05) is 11.8 Å². The van der Waals surface area contributed by atoms with Gasteiger partial charge in [0, 0.05) is 32.9 Å². The van der Waals surface area contributed by atoms with Crippen LogP contribution in [0.4, 0.5) is 16.2 Å². The van der Waals surface area contributed by atoms with Crippen LogP contribution in [-0.4, -0.2) is 62.3 Å². The second-order valence-electron chi connectivity index (χ2n) is 5.85. The average Bonchev–Trinajstić information content (AvgIpc) is 2.54. The predicted molar refractivity (Wildman–Crippen MR) is 99.8 cm³/mol. The fourth-order valence-electron chi connectivity index (χ4n) is 2.35. The number of hydrogen-bond donors (Lipinski definition) is 2. The summed E-state index contributed by atoms with van der Waals surface area (Å²) in [4.78, 5) is 14.1. The molecule has 0 aromatic heterocycles. The van der Waals surface area contributed by atoms with Crippen LogP contribution in [0.3, 0.4) is 0 Å². The van der Waals surface area contributed by atoms with Crippen molar-refractivity contribution in [3.05, 3.63) is 24.3 Å². The fraction of sp³-hybridized carbons (Fsp3) is 0.533. The summed E-state index contributed by atoms with van der Waals surface area (Å²) in [7, 11) is 1.13. The maximum atomic E-state index is 12.4. The Labute approximate surface area is 148 Å². The Morgan fingerprint density at radius 3 is 2.42 bits per heavy atom. The van der Waals surface area contributed by atoms with Crippen molar-refractivity contribution in [1.29, 1.82) is 0 Å². The number of hydrogen-bond acceptors (Lipinski definition) is 4. The van der Waals surface area contributed by atoms with Gasteiger partial charge in [0.2, 0.25) is 0 Å². The van der Waals surface area contributed by atoms with Crippen LogP contribution in [0, 0.1) is 0 Å². The van der Waals surface area contributed by atoms with Crippen LogP contribution in [0.1, 0.15) is 12.8 Å². The van der Waals surface area contributed by atoms with Crippen LogP contribution in [-0.2, 0) is 10.2 Å². The summed E-state index contributed by atoms with van der Waals surface area (Å²) in [5, 5.41) is 2.83. The van der Waals surface area contributed by atoms with E-state index in [0.29, 0.717) is 11.4 Å². The van der Waals surface area contributed by atoms with E-state index in [2.05, 4.69) is 10.0 Å². The first kappa shape index (κ1) is 18.9. The molecular formula is C15H24N4O3S2. The number of rotatable bonds is 5. The van der Waals surface area contributed by atoms with Gasteiger partial charge in [-0.05, 0) is 42.5 Å². The summed E-state index contributed by atoms with van der Waals surface area (Å²) in [5.74, 6) is 2.15. The first-order chi connectivity index (χ1) is 11.3. The minimum Gasteiger partial charge on any atom is -0.325 e. The molecule has 2 amide bonds. The minimum absolute atomic E-state index is 0.181. The number of anilines is 2. The van der Waals surface area contributed by atoms with Crippen LogP contribution in [0.5, 0.6) is 0 Å². The van der Waals surface area contributed by atoms with Gasteiger partial charge in [0.1, 0.15) is 0 Å². The highest BCUT2D eigenvalue weighted by atomic mass is 32.2. The quantitative estimate of drug-likeness (QED) is 0.831. The first-order valence-corrected chi connectivity index (χ1v) is 10.3. The van der Waals surface area contributed by atoms with Gasteiger partial charge in [0.25, 0.3) is 0 Å². The van der Waals surface area contributed by atoms with E-state index < -0.39 is 10.2 Å². The average molecular weight is 373 g/mol. The Bertz CT molecular complexity index is 673. The molecule has 1 aliphatic heterocycles. The molecule has 1 saturated heterocycles. The zero-order chi connectivity index (χ0) is 17.7. The molecular weight excluding hydrogens is 348 g/mol. The van der Waals surface area contributed by atoms with E-state index in [4.69, 9.17) is 0 Å². The molecule has 0 radical (unpaired) electrons. The van der Waals surface area contributed by atoms with Crippen molar-refractivity contribution in [2.75, 3.05) is 42.7 Å². The van der Waals surface area contributed by atoms with Gasteiger partial charge in [-0.2, -0.15) is 24.5 Å². The highest BCUT2D eigenvalue weighted by Crippen LogP contribution is 2.22. The van der Waals surface area contributed by atoms with Gasteiger partial charge < -0.3 is 10.2 Å². The van der Waals surface area contributed by atoms with Crippen LogP contribution in [0.2, 0.25) is 0 Å². The number of urea groups is 1. The van der Waals surface area contributed by atoms with Gasteiger partial charge in [0.15, 0.2) is 0 Å². The summed E-state index contributed by atoms with van der Waals surface area (Å²) >= 11 is 1.91. The van der Waals surface area contributed by atoms with E-state index in [-0.39, 0.29) is 12.1 Å². The molecule has 0 unspecified atom stereocenters. The van der Waals surface area contributed by atoms with E-state index in [0.717, 1.165) is 28.7 Å². The molecule has 9 heteroatoms. The van der Waals surface area contributed by atoms with Gasteiger partial charge in [-0.3, -0.25) is 4.72 Å². The summed E-state index contributed by atoms with van der Waals surface area (Å²) in [6, 6.07) is 6.74. The lowest BCUT2D eigenvalue weighted by Crippen LogP contribution is -2.41. The van der Waals surface area contributed by atoms with E-state index >= 15 is 0 Å². The maximum absolute atomic E-state index is 12.4. The van der Waals surface area contributed by atoms with Gasteiger partial charge in [-0.1, -0.05) is 6.07 Å². The lowest BCUT2D eigenvalue weighted by Gasteiger charge is -2.31. The molecule has 1 aromatic carbocycles. The smallest absolute Gasteiger partial charge is 0.321 e. The van der Waals surface area contributed by atoms with Crippen molar-refractivity contribution in [2.45, 2.75) is 18.9 Å². The third-order valence-electron chi connectivity index (χ3n) is 3.90. The molecule has 0 atom stereocenters. The van der Waals surface area contributed by atoms with E-state index in [1.165, 1.54) is 14.1 Å². The molecule has 2 rings (SSSR count). The molecule has 24 heavy (non-hydrogen) atoms. The van der Waals surface area contributed by atoms with Crippen molar-refractivity contribution in [3.8, 4) is 0 Å². The molecule has 7 nitrogen and oxygen atoms in total. The predicted octanol–water partition coefficient (Wildman–Crippen LogP) is 2.26. The largest absolute Gasteiger partial charge is 0.325 e. The second-order valence-corrected chi connectivity index (χ2v) is 8.96. The van der Waals surface area contributed by atoms with Crippen molar-refractivity contribution in [1.82, 2.24) is 9.21 Å². The van der Waals surface area contributed by atoms with Gasteiger partial charge in [-0.25, -0.2) is 4.79 Å². The molecule has 1 aliphatic rings. The normalized spacial score (nSPS) is 16.0. The van der Waals surface area contributed by atoms with Gasteiger partial charge >= 0.3 is 16.2 Å². The fourth-order valence-corrected chi connectivity index (χ4v) is 4.04. The standard InChI is InChI=1S/C15H24N4O3S2/c1-18(2)24(21,22)17-13-6-4-5-12(11-13)16-15(20)19(3)14-7-9-23-10-8-14/h4-6,11,14,17H,7-10H2,1-3H3,(H,16,20). The molecule has 134 valence electrons. The molecule has 0 spiro atoms. The Morgan fingerprint density at radius 2 is 1.79 bits per heavy atom. The third kappa shape index (κ3) is 5.02. The van der Waals surface area contributed by atoms with E-state index in [1.54, 1.807) is 36.2 Å². The SMILES string of the molecule is CN(C(=O)Nc1cccc(NS(=O)(=O)N(C)C)c1)C1CCSCC1. The lowest BCUT2D eigenvalue weighted by atomic mass is 10.1. The van der Waals surface area contributed by atoms with Crippen molar-refractivity contribution in [2.24, 2.45) is 0 Å². The summed E-state index contributed by atoms with van der Waals surface area (Å²) in [5.41, 5.74) is 0.953. The summed E-state index contributed by atoms with van der Waals surface area (Å²) in [6.45, 7) is 0. The van der Waals surface area contributed by atoms with Crippen LogP contribution in [0.25, 0.3) is 0 Å². The molecule has 0 saturated carbocycles. The van der Waals surface area contributed by atoms with Crippen molar-refractivity contribution >= 4 is 39.4 Å². The second kappa shape index (κ2) is 8.09. The van der Waals surface area contributed by atoms with Crippen LogP contribution < -0.4 is 10.0 Å². The maximum Gasteiger partial charge on any atom is 0.321 e. The third-order valence-corrected chi connectivity index (χ3v) is 6.40. The number of amides is 2. The number of nitrogens with zero attached hydrogens (tertiary/aromatic N) is 2. The Kier molecular flexibility index (Phi) is 6.36. The lowest BCUT2D eigenvalue weighted by molar-refractivity contribution is 0.200. The van der Waals surface area contributed by atoms with Gasteiger partial charge in [0.05, 0.1) is 5.69 Å². The van der Waals surface area contributed by atoms with E-state index in [9.17, 15) is 13.2 Å². The number of nitrogens with one attached hydrogen (secondary N) is 2. The molecule has 2 N–H and O–H groups in total. The first-order valence-electron chi connectivity index (χ1n) is 7.71. The van der Waals surface area contributed by atoms with Crippen LogP contribution >= 0.6 is 11.8 Å². The minimum atomic E-state index is -3.57. The Hall–Kier alpha value is -1.45. The zero-order valence-electron chi connectivity index (χ0n) is 14.2. The monoisotopic (exact) mass is 372 g/mol. The van der Waals surface area contributed by atoms with Gasteiger partial charge in [-0.15, -0.1) is 0 Å². The highest BCUT2D eigenvalue weighted by Gasteiger charge is 2.22. The van der Waals surface area contributed by atoms with Crippen LogP contribution in [0.15, 0.2) is 24.3 Å². The molecule has 1 aromatic rings. The Morgan fingerprint density at radius 1 is 1.17 bits per heavy atom. The Balaban J connectivity index is 2.02.